The van der Waals surface area contributed by atoms with Crippen molar-refractivity contribution in [1.29, 1.82) is 0 Å². The van der Waals surface area contributed by atoms with Crippen molar-refractivity contribution in [2.24, 2.45) is 0 Å². The summed E-state index contributed by atoms with van der Waals surface area (Å²) in [5.74, 6) is 0.852. The molecule has 2 aromatic carbocycles. The van der Waals surface area contributed by atoms with Gasteiger partial charge in [0, 0.05) is 22.9 Å². The highest BCUT2D eigenvalue weighted by molar-refractivity contribution is 6.31. The fourth-order valence-corrected chi connectivity index (χ4v) is 2.78. The second-order valence-electron chi connectivity index (χ2n) is 6.07. The van der Waals surface area contributed by atoms with Crippen molar-refractivity contribution in [2.75, 3.05) is 11.9 Å². The SMILES string of the molecule is CCOc1ccc(Nc2nc(C)cc(C(=O)NCc3ccccc3Cl)n2)cc1. The van der Waals surface area contributed by atoms with Crippen molar-refractivity contribution >= 4 is 29.1 Å². The minimum absolute atomic E-state index is 0.285. The molecule has 0 bridgehead atoms. The van der Waals surface area contributed by atoms with Gasteiger partial charge in [0.2, 0.25) is 5.95 Å². The highest BCUT2D eigenvalue weighted by Crippen LogP contribution is 2.19. The lowest BCUT2D eigenvalue weighted by molar-refractivity contribution is 0.0946. The number of aromatic nitrogens is 2. The Morgan fingerprint density at radius 2 is 1.86 bits per heavy atom. The zero-order valence-corrected chi connectivity index (χ0v) is 16.5. The van der Waals surface area contributed by atoms with E-state index in [0.29, 0.717) is 29.8 Å². The number of carbonyl (C=O) groups is 1. The molecule has 2 N–H and O–H groups in total. The monoisotopic (exact) mass is 396 g/mol. The highest BCUT2D eigenvalue weighted by atomic mass is 35.5. The van der Waals surface area contributed by atoms with E-state index in [1.807, 2.05) is 56.3 Å². The summed E-state index contributed by atoms with van der Waals surface area (Å²) in [6.45, 7) is 4.69. The van der Waals surface area contributed by atoms with Crippen LogP contribution < -0.4 is 15.4 Å². The van der Waals surface area contributed by atoms with Crippen molar-refractivity contribution < 1.29 is 9.53 Å². The first-order valence-corrected chi connectivity index (χ1v) is 9.30. The maximum Gasteiger partial charge on any atom is 0.270 e. The number of hydrogen-bond acceptors (Lipinski definition) is 5. The van der Waals surface area contributed by atoms with Crippen LogP contribution in [0.25, 0.3) is 0 Å². The van der Waals surface area contributed by atoms with E-state index in [1.54, 1.807) is 12.1 Å². The number of nitrogens with zero attached hydrogens (tertiary/aromatic N) is 2. The Labute approximate surface area is 168 Å². The zero-order chi connectivity index (χ0) is 19.9. The molecule has 0 aliphatic rings. The summed E-state index contributed by atoms with van der Waals surface area (Å²) < 4.78 is 5.43. The third-order valence-corrected chi connectivity index (χ3v) is 4.27. The number of rotatable bonds is 7. The molecule has 1 amide bonds. The van der Waals surface area contributed by atoms with Gasteiger partial charge in [-0.2, -0.15) is 0 Å². The molecule has 0 fully saturated rings. The van der Waals surface area contributed by atoms with Gasteiger partial charge in [-0.25, -0.2) is 9.97 Å². The van der Waals surface area contributed by atoms with Crippen LogP contribution in [0, 0.1) is 6.92 Å². The van der Waals surface area contributed by atoms with E-state index in [4.69, 9.17) is 16.3 Å². The van der Waals surface area contributed by atoms with Crippen LogP contribution in [0.3, 0.4) is 0 Å². The van der Waals surface area contributed by atoms with Crippen molar-refractivity contribution in [3.05, 3.63) is 76.6 Å². The van der Waals surface area contributed by atoms with E-state index in [1.165, 1.54) is 0 Å². The fraction of sp³-hybridized carbons (Fsp3) is 0.190. The Hall–Kier alpha value is -3.12. The summed E-state index contributed by atoms with van der Waals surface area (Å²) in [5.41, 5.74) is 2.62. The van der Waals surface area contributed by atoms with Crippen LogP contribution in [0.1, 0.15) is 28.7 Å². The zero-order valence-electron chi connectivity index (χ0n) is 15.7. The minimum atomic E-state index is -0.292. The van der Waals surface area contributed by atoms with Crippen molar-refractivity contribution in [1.82, 2.24) is 15.3 Å². The maximum atomic E-state index is 12.5. The summed E-state index contributed by atoms with van der Waals surface area (Å²) >= 11 is 6.13. The highest BCUT2D eigenvalue weighted by Gasteiger charge is 2.11. The van der Waals surface area contributed by atoms with Gasteiger partial charge in [0.25, 0.3) is 5.91 Å². The first kappa shape index (κ1) is 19.6. The third kappa shape index (κ3) is 5.20. The number of aryl methyl sites for hydroxylation is 1. The summed E-state index contributed by atoms with van der Waals surface area (Å²) in [6, 6.07) is 16.5. The molecule has 144 valence electrons. The number of anilines is 2. The molecule has 0 saturated carbocycles. The van der Waals surface area contributed by atoms with E-state index >= 15 is 0 Å². The van der Waals surface area contributed by atoms with E-state index in [-0.39, 0.29) is 11.6 Å². The molecule has 28 heavy (non-hydrogen) atoms. The lowest BCUT2D eigenvalue weighted by Gasteiger charge is -2.10. The summed E-state index contributed by atoms with van der Waals surface area (Å²) in [4.78, 5) is 21.2. The van der Waals surface area contributed by atoms with E-state index in [9.17, 15) is 4.79 Å². The van der Waals surface area contributed by atoms with Gasteiger partial charge in [-0.3, -0.25) is 4.79 Å². The second kappa shape index (κ2) is 9.19. The summed E-state index contributed by atoms with van der Waals surface area (Å²) in [5, 5.41) is 6.56. The average Bonchev–Trinajstić information content (AvgIpc) is 2.68. The number of benzene rings is 2. The number of nitrogens with one attached hydrogen (secondary N) is 2. The van der Waals surface area contributed by atoms with E-state index < -0.39 is 0 Å². The number of ether oxygens (including phenoxy) is 1. The lowest BCUT2D eigenvalue weighted by atomic mass is 10.2. The molecule has 6 nitrogen and oxygen atoms in total. The molecule has 3 rings (SSSR count). The third-order valence-electron chi connectivity index (χ3n) is 3.91. The Morgan fingerprint density at radius 3 is 2.57 bits per heavy atom. The first-order chi connectivity index (χ1) is 13.5. The molecule has 0 spiro atoms. The molecule has 0 aliphatic carbocycles. The van der Waals surface area contributed by atoms with Gasteiger partial charge in [0.1, 0.15) is 11.4 Å². The molecule has 3 aromatic rings. The van der Waals surface area contributed by atoms with Crippen LogP contribution in [0.2, 0.25) is 5.02 Å². The predicted octanol–water partition coefficient (Wildman–Crippen LogP) is 4.51. The van der Waals surface area contributed by atoms with Gasteiger partial charge in [0.05, 0.1) is 6.61 Å². The van der Waals surface area contributed by atoms with Crippen LogP contribution in [0.5, 0.6) is 5.75 Å². The minimum Gasteiger partial charge on any atom is -0.494 e. The van der Waals surface area contributed by atoms with Gasteiger partial charge in [-0.05, 0) is 55.8 Å². The number of halogens is 1. The normalized spacial score (nSPS) is 10.4. The largest absolute Gasteiger partial charge is 0.494 e. The lowest BCUT2D eigenvalue weighted by Crippen LogP contribution is -2.24. The molecule has 0 saturated heterocycles. The topological polar surface area (TPSA) is 76.1 Å². The van der Waals surface area contributed by atoms with E-state index in [2.05, 4.69) is 20.6 Å². The fourth-order valence-electron chi connectivity index (χ4n) is 2.58. The number of amides is 1. The number of carbonyl (C=O) groups excluding carboxylic acids is 1. The molecule has 0 atom stereocenters. The quantitative estimate of drug-likeness (QED) is 0.614. The Kier molecular flexibility index (Phi) is 6.45. The Balaban J connectivity index is 1.70. The van der Waals surface area contributed by atoms with Gasteiger partial charge >= 0.3 is 0 Å². The molecule has 1 heterocycles. The van der Waals surface area contributed by atoms with Crippen LogP contribution in [-0.4, -0.2) is 22.5 Å². The van der Waals surface area contributed by atoms with Crippen LogP contribution >= 0.6 is 11.6 Å². The van der Waals surface area contributed by atoms with Gasteiger partial charge in [-0.1, -0.05) is 29.8 Å². The van der Waals surface area contributed by atoms with Crippen LogP contribution in [-0.2, 0) is 6.54 Å². The summed E-state index contributed by atoms with van der Waals surface area (Å²) in [7, 11) is 0. The Bertz CT molecular complexity index is 961. The maximum absolute atomic E-state index is 12.5. The molecule has 0 radical (unpaired) electrons. The molecule has 7 heteroatoms. The van der Waals surface area contributed by atoms with Crippen molar-refractivity contribution in [2.45, 2.75) is 20.4 Å². The first-order valence-electron chi connectivity index (χ1n) is 8.92. The Morgan fingerprint density at radius 1 is 1.11 bits per heavy atom. The van der Waals surface area contributed by atoms with Crippen LogP contribution in [0.4, 0.5) is 11.6 Å². The van der Waals surface area contributed by atoms with E-state index in [0.717, 1.165) is 17.0 Å². The predicted molar refractivity (Wildman–Crippen MR) is 110 cm³/mol. The molecule has 1 aromatic heterocycles. The molecule has 0 aliphatic heterocycles. The standard InChI is InChI=1S/C21H21ClN4O2/c1-3-28-17-10-8-16(9-11-17)25-21-24-14(2)12-19(26-21)20(27)23-13-15-6-4-5-7-18(15)22/h4-12H,3,13H2,1-2H3,(H,23,27)(H,24,25,26). The van der Waals surface area contributed by atoms with Gasteiger partial charge < -0.3 is 15.4 Å². The van der Waals surface area contributed by atoms with Gasteiger partial charge in [-0.15, -0.1) is 0 Å². The molecule has 0 unspecified atom stereocenters. The van der Waals surface area contributed by atoms with Crippen molar-refractivity contribution in [3.8, 4) is 5.75 Å². The second-order valence-corrected chi connectivity index (χ2v) is 6.48. The summed E-state index contributed by atoms with van der Waals surface area (Å²) in [6.07, 6.45) is 0. The van der Waals surface area contributed by atoms with Gasteiger partial charge in [0.15, 0.2) is 0 Å². The number of hydrogen-bond donors (Lipinski definition) is 2. The van der Waals surface area contributed by atoms with Crippen LogP contribution in [0.15, 0.2) is 54.6 Å². The van der Waals surface area contributed by atoms with Crippen molar-refractivity contribution in [3.63, 3.8) is 0 Å². The molecular weight excluding hydrogens is 376 g/mol. The molecular formula is C21H21ClN4O2. The average molecular weight is 397 g/mol. The smallest absolute Gasteiger partial charge is 0.270 e.